The van der Waals surface area contributed by atoms with Crippen LogP contribution in [-0.2, 0) is 4.74 Å². The number of ether oxygens (including phenoxy) is 1. The first-order valence-corrected chi connectivity index (χ1v) is 6.14. The van der Waals surface area contributed by atoms with Crippen molar-refractivity contribution in [1.82, 2.24) is 0 Å². The van der Waals surface area contributed by atoms with Gasteiger partial charge in [-0.2, -0.15) is 0 Å². The highest BCUT2D eigenvalue weighted by Gasteiger charge is 2.31. The maximum atomic E-state index is 10.3. The van der Waals surface area contributed by atoms with Gasteiger partial charge in [0, 0.05) is 6.61 Å². The third kappa shape index (κ3) is 3.69. The Morgan fingerprint density at radius 3 is 2.59 bits per heavy atom. The fourth-order valence-electron chi connectivity index (χ4n) is 1.65. The third-order valence-corrected chi connectivity index (χ3v) is 2.97. The standard InChI is InChI=1S/C15H22O2/c1-4-6-12-17-15(3,5-2)14(16)13-10-8-7-9-11-13/h5,7-11,14,16H,2,4,6,12H2,1,3H3. The van der Waals surface area contributed by atoms with Crippen LogP contribution < -0.4 is 0 Å². The normalized spacial score (nSPS) is 16.2. The van der Waals surface area contributed by atoms with Crippen LogP contribution in [0.25, 0.3) is 0 Å². The molecular weight excluding hydrogens is 212 g/mol. The molecule has 0 aromatic heterocycles. The van der Waals surface area contributed by atoms with E-state index in [2.05, 4.69) is 13.5 Å². The van der Waals surface area contributed by atoms with Gasteiger partial charge in [-0.25, -0.2) is 0 Å². The van der Waals surface area contributed by atoms with E-state index in [1.165, 1.54) is 0 Å². The molecule has 2 nitrogen and oxygen atoms in total. The maximum Gasteiger partial charge on any atom is 0.113 e. The van der Waals surface area contributed by atoms with Crippen molar-refractivity contribution in [1.29, 1.82) is 0 Å². The number of aliphatic hydroxyl groups excluding tert-OH is 1. The van der Waals surface area contributed by atoms with E-state index in [9.17, 15) is 5.11 Å². The number of hydrogen-bond acceptors (Lipinski definition) is 2. The number of aliphatic hydroxyl groups is 1. The SMILES string of the molecule is C=CC(C)(OCCCC)C(O)c1ccccc1. The zero-order chi connectivity index (χ0) is 12.7. The smallest absolute Gasteiger partial charge is 0.113 e. The van der Waals surface area contributed by atoms with Gasteiger partial charge >= 0.3 is 0 Å². The lowest BCUT2D eigenvalue weighted by atomic mass is 9.92. The fourth-order valence-corrected chi connectivity index (χ4v) is 1.65. The van der Waals surface area contributed by atoms with Crippen molar-refractivity contribution < 1.29 is 9.84 Å². The summed E-state index contributed by atoms with van der Waals surface area (Å²) < 4.78 is 5.77. The molecule has 0 bridgehead atoms. The molecule has 0 aliphatic carbocycles. The van der Waals surface area contributed by atoms with E-state index >= 15 is 0 Å². The Bertz CT molecular complexity index is 334. The Morgan fingerprint density at radius 1 is 1.41 bits per heavy atom. The molecule has 0 amide bonds. The fraction of sp³-hybridized carbons (Fsp3) is 0.467. The van der Waals surface area contributed by atoms with Crippen LogP contribution in [0.3, 0.4) is 0 Å². The summed E-state index contributed by atoms with van der Waals surface area (Å²) in [6, 6.07) is 9.55. The Labute approximate surface area is 104 Å². The lowest BCUT2D eigenvalue weighted by molar-refractivity contribution is -0.0831. The quantitative estimate of drug-likeness (QED) is 0.578. The molecule has 0 saturated heterocycles. The van der Waals surface area contributed by atoms with Crippen LogP contribution in [0.15, 0.2) is 43.0 Å². The lowest BCUT2D eigenvalue weighted by Crippen LogP contribution is -2.34. The molecule has 0 aliphatic rings. The Morgan fingerprint density at radius 2 is 2.06 bits per heavy atom. The van der Waals surface area contributed by atoms with Crippen LogP contribution >= 0.6 is 0 Å². The van der Waals surface area contributed by atoms with Gasteiger partial charge in [0.2, 0.25) is 0 Å². The molecule has 2 atom stereocenters. The molecule has 2 unspecified atom stereocenters. The van der Waals surface area contributed by atoms with Crippen molar-refractivity contribution in [3.63, 3.8) is 0 Å². The summed E-state index contributed by atoms with van der Waals surface area (Å²) in [6.07, 6.45) is 3.07. The van der Waals surface area contributed by atoms with Crippen molar-refractivity contribution in [2.24, 2.45) is 0 Å². The summed E-state index contributed by atoms with van der Waals surface area (Å²) in [5, 5.41) is 10.3. The predicted octanol–water partition coefficient (Wildman–Crippen LogP) is 3.48. The Balaban J connectivity index is 2.75. The second-order valence-electron chi connectivity index (χ2n) is 4.40. The number of hydrogen-bond donors (Lipinski definition) is 1. The monoisotopic (exact) mass is 234 g/mol. The first kappa shape index (κ1) is 13.9. The average Bonchev–Trinajstić information content (AvgIpc) is 2.39. The summed E-state index contributed by atoms with van der Waals surface area (Å²) >= 11 is 0. The second-order valence-corrected chi connectivity index (χ2v) is 4.40. The molecule has 2 heteroatoms. The van der Waals surface area contributed by atoms with Crippen LogP contribution in [-0.4, -0.2) is 17.3 Å². The van der Waals surface area contributed by atoms with Gasteiger partial charge < -0.3 is 9.84 Å². The molecule has 1 rings (SSSR count). The lowest BCUT2D eigenvalue weighted by Gasteiger charge is -2.32. The van der Waals surface area contributed by atoms with Gasteiger partial charge in [-0.3, -0.25) is 0 Å². The largest absolute Gasteiger partial charge is 0.385 e. The molecule has 0 radical (unpaired) electrons. The van der Waals surface area contributed by atoms with Crippen molar-refractivity contribution in [2.75, 3.05) is 6.61 Å². The van der Waals surface area contributed by atoms with Crippen molar-refractivity contribution in [3.05, 3.63) is 48.6 Å². The van der Waals surface area contributed by atoms with E-state index in [0.29, 0.717) is 6.61 Å². The van der Waals surface area contributed by atoms with Crippen molar-refractivity contribution >= 4 is 0 Å². The number of benzene rings is 1. The number of rotatable bonds is 7. The number of unbranched alkanes of at least 4 members (excludes halogenated alkanes) is 1. The van der Waals surface area contributed by atoms with Crippen molar-refractivity contribution in [2.45, 2.75) is 38.4 Å². The van der Waals surface area contributed by atoms with Gasteiger partial charge in [-0.05, 0) is 18.9 Å². The molecular formula is C15H22O2. The maximum absolute atomic E-state index is 10.3. The Hall–Kier alpha value is -1.12. The summed E-state index contributed by atoms with van der Waals surface area (Å²) in [6.45, 7) is 8.40. The minimum absolute atomic E-state index is 0.642. The van der Waals surface area contributed by atoms with E-state index in [1.54, 1.807) is 6.08 Å². The third-order valence-electron chi connectivity index (χ3n) is 2.97. The molecule has 0 heterocycles. The second kappa shape index (κ2) is 6.58. The zero-order valence-electron chi connectivity index (χ0n) is 10.7. The highest BCUT2D eigenvalue weighted by molar-refractivity contribution is 5.22. The van der Waals surface area contributed by atoms with Gasteiger partial charge in [-0.1, -0.05) is 49.8 Å². The van der Waals surface area contributed by atoms with Crippen molar-refractivity contribution in [3.8, 4) is 0 Å². The topological polar surface area (TPSA) is 29.5 Å². The van der Waals surface area contributed by atoms with Gasteiger partial charge in [0.25, 0.3) is 0 Å². The molecule has 0 spiro atoms. The minimum Gasteiger partial charge on any atom is -0.385 e. The van der Waals surface area contributed by atoms with E-state index in [0.717, 1.165) is 18.4 Å². The molecule has 1 aromatic rings. The van der Waals surface area contributed by atoms with Gasteiger partial charge in [0.15, 0.2) is 0 Å². The zero-order valence-corrected chi connectivity index (χ0v) is 10.7. The van der Waals surface area contributed by atoms with Gasteiger partial charge in [0.05, 0.1) is 0 Å². The summed E-state index contributed by atoms with van der Waals surface area (Å²) in [7, 11) is 0. The van der Waals surface area contributed by atoms with Crippen LogP contribution in [0.5, 0.6) is 0 Å². The highest BCUT2D eigenvalue weighted by Crippen LogP contribution is 2.30. The average molecular weight is 234 g/mol. The van der Waals surface area contributed by atoms with E-state index in [4.69, 9.17) is 4.74 Å². The van der Waals surface area contributed by atoms with E-state index in [1.807, 2.05) is 37.3 Å². The van der Waals surface area contributed by atoms with Gasteiger partial charge in [-0.15, -0.1) is 6.58 Å². The van der Waals surface area contributed by atoms with Crippen LogP contribution in [0.1, 0.15) is 38.4 Å². The van der Waals surface area contributed by atoms with Crippen LogP contribution in [0, 0.1) is 0 Å². The minimum atomic E-state index is -0.726. The predicted molar refractivity (Wildman–Crippen MR) is 70.9 cm³/mol. The highest BCUT2D eigenvalue weighted by atomic mass is 16.5. The summed E-state index contributed by atoms with van der Waals surface area (Å²) in [5.41, 5.74) is 0.127. The van der Waals surface area contributed by atoms with E-state index in [-0.39, 0.29) is 0 Å². The first-order chi connectivity index (χ1) is 8.14. The van der Waals surface area contributed by atoms with E-state index < -0.39 is 11.7 Å². The molecule has 94 valence electrons. The first-order valence-electron chi connectivity index (χ1n) is 6.14. The van der Waals surface area contributed by atoms with Crippen LogP contribution in [0.2, 0.25) is 0 Å². The molecule has 0 aliphatic heterocycles. The van der Waals surface area contributed by atoms with Crippen LogP contribution in [0.4, 0.5) is 0 Å². The molecule has 17 heavy (non-hydrogen) atoms. The summed E-state index contributed by atoms with van der Waals surface area (Å²) in [5.74, 6) is 0. The molecule has 1 N–H and O–H groups in total. The Kier molecular flexibility index (Phi) is 5.39. The molecule has 0 fully saturated rings. The molecule has 0 saturated carbocycles. The van der Waals surface area contributed by atoms with Gasteiger partial charge in [0.1, 0.15) is 11.7 Å². The molecule has 1 aromatic carbocycles. The summed E-state index contributed by atoms with van der Waals surface area (Å²) in [4.78, 5) is 0.